The molecular formula is C21H22FN3O3. The molecule has 0 aromatic carbocycles. The van der Waals surface area contributed by atoms with Crippen molar-refractivity contribution in [2.75, 3.05) is 13.2 Å². The van der Waals surface area contributed by atoms with Crippen LogP contribution in [0.5, 0.6) is 0 Å². The summed E-state index contributed by atoms with van der Waals surface area (Å²) >= 11 is 0. The van der Waals surface area contributed by atoms with Gasteiger partial charge in [0.1, 0.15) is 11.5 Å². The molecule has 1 aliphatic rings. The summed E-state index contributed by atoms with van der Waals surface area (Å²) in [6, 6.07) is 2.79. The molecule has 0 saturated heterocycles. The molecule has 0 aliphatic heterocycles. The highest BCUT2D eigenvalue weighted by Crippen LogP contribution is 2.30. The standard InChI is InChI=1S/C21H22FN3O3/c1-14(17(22)5-3-4-10-28-12-15-6-7-15)20-19(24-13-25(20)2)18-11-16(21(26)27)8-9-23-18/h3-5,8-9,11,13,15H,1,6-7,10,12H2,2H3,(H,26,27)/b4-3-,17-5+. The fourth-order valence-corrected chi connectivity index (χ4v) is 2.68. The van der Waals surface area contributed by atoms with Gasteiger partial charge in [-0.15, -0.1) is 0 Å². The maximum atomic E-state index is 14.6. The van der Waals surface area contributed by atoms with E-state index in [0.29, 0.717) is 29.6 Å². The van der Waals surface area contributed by atoms with E-state index >= 15 is 0 Å². The van der Waals surface area contributed by atoms with E-state index < -0.39 is 11.8 Å². The van der Waals surface area contributed by atoms with Crippen molar-refractivity contribution in [2.24, 2.45) is 13.0 Å². The second-order valence-corrected chi connectivity index (χ2v) is 6.69. The Morgan fingerprint density at radius 1 is 1.46 bits per heavy atom. The van der Waals surface area contributed by atoms with Crippen molar-refractivity contribution in [1.29, 1.82) is 0 Å². The maximum Gasteiger partial charge on any atom is 0.335 e. The molecule has 0 radical (unpaired) electrons. The Labute approximate surface area is 162 Å². The van der Waals surface area contributed by atoms with Gasteiger partial charge in [0.2, 0.25) is 0 Å². The Kier molecular flexibility index (Phi) is 6.16. The van der Waals surface area contributed by atoms with Crippen LogP contribution in [0.3, 0.4) is 0 Å². The molecule has 0 atom stereocenters. The maximum absolute atomic E-state index is 14.6. The molecule has 3 rings (SSSR count). The number of aromatic carboxylic acids is 1. The van der Waals surface area contributed by atoms with Crippen molar-refractivity contribution < 1.29 is 19.0 Å². The number of nitrogens with zero attached hydrogens (tertiary/aromatic N) is 3. The zero-order valence-electron chi connectivity index (χ0n) is 15.6. The summed E-state index contributed by atoms with van der Waals surface area (Å²) < 4.78 is 21.7. The molecule has 0 amide bonds. The minimum absolute atomic E-state index is 0.0809. The van der Waals surface area contributed by atoms with Gasteiger partial charge in [-0.2, -0.15) is 0 Å². The first kappa shape index (κ1) is 19.7. The zero-order valence-corrected chi connectivity index (χ0v) is 15.6. The minimum Gasteiger partial charge on any atom is -0.478 e. The topological polar surface area (TPSA) is 77.2 Å². The molecule has 0 bridgehead atoms. The summed E-state index contributed by atoms with van der Waals surface area (Å²) in [7, 11) is 1.72. The molecule has 0 spiro atoms. The number of hydrogen-bond acceptors (Lipinski definition) is 4. The molecule has 0 unspecified atom stereocenters. The number of hydrogen-bond donors (Lipinski definition) is 1. The highest BCUT2D eigenvalue weighted by molar-refractivity contribution is 5.89. The van der Waals surface area contributed by atoms with Crippen molar-refractivity contribution in [2.45, 2.75) is 12.8 Å². The first-order chi connectivity index (χ1) is 13.5. The number of aryl methyl sites for hydroxylation is 1. The number of allylic oxidation sites excluding steroid dienone is 4. The smallest absolute Gasteiger partial charge is 0.335 e. The Morgan fingerprint density at radius 3 is 2.96 bits per heavy atom. The van der Waals surface area contributed by atoms with E-state index in [1.807, 2.05) is 0 Å². The third-order valence-electron chi connectivity index (χ3n) is 4.40. The van der Waals surface area contributed by atoms with Gasteiger partial charge in [0, 0.05) is 25.4 Å². The van der Waals surface area contributed by atoms with E-state index in [-0.39, 0.29) is 11.1 Å². The third-order valence-corrected chi connectivity index (χ3v) is 4.40. The van der Waals surface area contributed by atoms with E-state index in [0.717, 1.165) is 6.61 Å². The van der Waals surface area contributed by atoms with Crippen LogP contribution >= 0.6 is 0 Å². The van der Waals surface area contributed by atoms with Gasteiger partial charge in [0.05, 0.1) is 29.9 Å². The number of ether oxygens (including phenoxy) is 1. The summed E-state index contributed by atoms with van der Waals surface area (Å²) in [6.45, 7) is 5.03. The molecule has 1 fully saturated rings. The van der Waals surface area contributed by atoms with Gasteiger partial charge < -0.3 is 14.4 Å². The van der Waals surface area contributed by atoms with Gasteiger partial charge in [0.15, 0.2) is 0 Å². The number of carboxylic acid groups (broad SMARTS) is 1. The molecule has 28 heavy (non-hydrogen) atoms. The lowest BCUT2D eigenvalue weighted by Gasteiger charge is -2.08. The van der Waals surface area contributed by atoms with Gasteiger partial charge in [0.25, 0.3) is 0 Å². The fraction of sp³-hybridized carbons (Fsp3) is 0.286. The zero-order chi connectivity index (χ0) is 20.1. The van der Waals surface area contributed by atoms with Crippen molar-refractivity contribution in [1.82, 2.24) is 14.5 Å². The van der Waals surface area contributed by atoms with E-state index in [1.165, 1.54) is 43.6 Å². The van der Waals surface area contributed by atoms with Crippen molar-refractivity contribution in [3.8, 4) is 11.4 Å². The molecular weight excluding hydrogens is 361 g/mol. The van der Waals surface area contributed by atoms with Crippen LogP contribution < -0.4 is 0 Å². The van der Waals surface area contributed by atoms with Crippen LogP contribution in [0.1, 0.15) is 28.9 Å². The van der Waals surface area contributed by atoms with Crippen LogP contribution in [-0.4, -0.2) is 38.8 Å². The Balaban J connectivity index is 1.75. The highest BCUT2D eigenvalue weighted by atomic mass is 19.1. The molecule has 7 heteroatoms. The fourth-order valence-electron chi connectivity index (χ4n) is 2.68. The van der Waals surface area contributed by atoms with Gasteiger partial charge in [-0.1, -0.05) is 18.7 Å². The van der Waals surface area contributed by atoms with E-state index in [1.54, 1.807) is 23.8 Å². The quantitative estimate of drug-likeness (QED) is 0.523. The van der Waals surface area contributed by atoms with Crippen LogP contribution in [0.4, 0.5) is 4.39 Å². The number of carboxylic acids is 1. The predicted molar refractivity (Wildman–Crippen MR) is 104 cm³/mol. The molecule has 2 aromatic heterocycles. The van der Waals surface area contributed by atoms with Gasteiger partial charge in [-0.25, -0.2) is 14.2 Å². The van der Waals surface area contributed by atoms with Crippen molar-refractivity contribution >= 4 is 11.5 Å². The molecule has 6 nitrogen and oxygen atoms in total. The normalized spacial score (nSPS) is 14.6. The lowest BCUT2D eigenvalue weighted by atomic mass is 10.1. The van der Waals surface area contributed by atoms with E-state index in [2.05, 4.69) is 16.5 Å². The van der Waals surface area contributed by atoms with Crippen LogP contribution in [0.15, 0.2) is 55.3 Å². The van der Waals surface area contributed by atoms with Gasteiger partial charge >= 0.3 is 5.97 Å². The van der Waals surface area contributed by atoms with Crippen LogP contribution in [-0.2, 0) is 11.8 Å². The van der Waals surface area contributed by atoms with Crippen molar-refractivity contribution in [3.63, 3.8) is 0 Å². The predicted octanol–water partition coefficient (Wildman–Crippen LogP) is 4.03. The van der Waals surface area contributed by atoms with Gasteiger partial charge in [-0.05, 0) is 37.0 Å². The number of rotatable bonds is 9. The SMILES string of the molecule is C=C(/C(F)=C\C=C/COCC1CC1)c1c(-c2cc(C(=O)O)ccn2)ncn1C. The molecule has 1 N–H and O–H groups in total. The second-order valence-electron chi connectivity index (χ2n) is 6.69. The lowest BCUT2D eigenvalue weighted by molar-refractivity contribution is 0.0697. The number of pyridine rings is 1. The Bertz CT molecular complexity index is 942. The first-order valence-electron chi connectivity index (χ1n) is 8.98. The molecule has 1 aliphatic carbocycles. The Hall–Kier alpha value is -3.06. The number of imidazole rings is 1. The number of aromatic nitrogens is 3. The number of carbonyl (C=O) groups is 1. The highest BCUT2D eigenvalue weighted by Gasteiger charge is 2.21. The van der Waals surface area contributed by atoms with E-state index in [9.17, 15) is 9.18 Å². The molecule has 146 valence electrons. The minimum atomic E-state index is -1.07. The summed E-state index contributed by atoms with van der Waals surface area (Å²) in [4.78, 5) is 19.6. The lowest BCUT2D eigenvalue weighted by Crippen LogP contribution is -2.00. The molecule has 1 saturated carbocycles. The molecule has 2 heterocycles. The third kappa shape index (κ3) is 4.80. The monoisotopic (exact) mass is 383 g/mol. The van der Waals surface area contributed by atoms with Crippen LogP contribution in [0.2, 0.25) is 0 Å². The average molecular weight is 383 g/mol. The summed E-state index contributed by atoms with van der Waals surface area (Å²) in [5.41, 5.74) is 1.37. The first-order valence-corrected chi connectivity index (χ1v) is 8.98. The van der Waals surface area contributed by atoms with Crippen LogP contribution in [0, 0.1) is 5.92 Å². The summed E-state index contributed by atoms with van der Waals surface area (Å²) in [6.07, 6.45) is 10.0. The second kappa shape index (κ2) is 8.75. The number of halogens is 1. The Morgan fingerprint density at radius 2 is 2.25 bits per heavy atom. The summed E-state index contributed by atoms with van der Waals surface area (Å²) in [5, 5.41) is 9.16. The largest absolute Gasteiger partial charge is 0.478 e. The van der Waals surface area contributed by atoms with Crippen molar-refractivity contribution in [3.05, 3.63) is 66.5 Å². The van der Waals surface area contributed by atoms with Gasteiger partial charge in [-0.3, -0.25) is 4.98 Å². The summed E-state index contributed by atoms with van der Waals surface area (Å²) in [5.74, 6) is -0.894. The van der Waals surface area contributed by atoms with E-state index in [4.69, 9.17) is 9.84 Å². The van der Waals surface area contributed by atoms with Crippen LogP contribution in [0.25, 0.3) is 17.0 Å². The molecule has 2 aromatic rings. The average Bonchev–Trinajstić information content (AvgIpc) is 3.43.